The Morgan fingerprint density at radius 1 is 1.56 bits per heavy atom. The number of thiophene rings is 1. The number of halogens is 1. The van der Waals surface area contributed by atoms with Crippen LogP contribution in [0.4, 0.5) is 0 Å². The Labute approximate surface area is 108 Å². The zero-order chi connectivity index (χ0) is 11.8. The van der Waals surface area contributed by atoms with Crippen molar-refractivity contribution in [1.82, 2.24) is 4.72 Å². The van der Waals surface area contributed by atoms with Crippen LogP contribution in [0.5, 0.6) is 0 Å². The van der Waals surface area contributed by atoms with Gasteiger partial charge in [-0.15, -0.1) is 11.3 Å². The lowest BCUT2D eigenvalue weighted by atomic mass is 9.76. The SMILES string of the molecule is CCC1(NS(=O)(=O)c2sccc2Br)CCC1. The molecule has 0 bridgehead atoms. The molecule has 1 heterocycles. The molecule has 1 aliphatic carbocycles. The summed E-state index contributed by atoms with van der Waals surface area (Å²) in [5.41, 5.74) is -0.192. The molecule has 0 saturated heterocycles. The Morgan fingerprint density at radius 3 is 2.62 bits per heavy atom. The molecule has 0 spiro atoms. The van der Waals surface area contributed by atoms with Gasteiger partial charge in [0.1, 0.15) is 4.21 Å². The molecule has 0 unspecified atom stereocenters. The van der Waals surface area contributed by atoms with Crippen LogP contribution in [0.15, 0.2) is 20.1 Å². The molecule has 0 atom stereocenters. The maximum Gasteiger partial charge on any atom is 0.251 e. The minimum absolute atomic E-state index is 0.192. The predicted molar refractivity (Wildman–Crippen MR) is 69.2 cm³/mol. The Hall–Kier alpha value is 0.0900. The summed E-state index contributed by atoms with van der Waals surface area (Å²) in [6.07, 6.45) is 3.87. The number of hydrogen-bond acceptors (Lipinski definition) is 3. The minimum atomic E-state index is -3.36. The fourth-order valence-electron chi connectivity index (χ4n) is 1.93. The lowest BCUT2D eigenvalue weighted by Crippen LogP contribution is -2.52. The first-order valence-corrected chi connectivity index (χ1v) is 8.42. The Bertz CT molecular complexity index is 471. The van der Waals surface area contributed by atoms with E-state index in [4.69, 9.17) is 0 Å². The van der Waals surface area contributed by atoms with Crippen LogP contribution in [0.3, 0.4) is 0 Å². The van der Waals surface area contributed by atoms with E-state index >= 15 is 0 Å². The largest absolute Gasteiger partial charge is 0.251 e. The molecule has 1 aromatic rings. The van der Waals surface area contributed by atoms with E-state index in [9.17, 15) is 8.42 Å². The molecule has 6 heteroatoms. The van der Waals surface area contributed by atoms with Gasteiger partial charge in [0, 0.05) is 10.0 Å². The molecular formula is C10H14BrNO2S2. The lowest BCUT2D eigenvalue weighted by Gasteiger charge is -2.41. The van der Waals surface area contributed by atoms with Crippen LogP contribution in [0.1, 0.15) is 32.6 Å². The van der Waals surface area contributed by atoms with Crippen molar-refractivity contribution < 1.29 is 8.42 Å². The molecule has 1 aliphatic rings. The highest BCUT2D eigenvalue weighted by Gasteiger charge is 2.39. The van der Waals surface area contributed by atoms with Crippen molar-refractivity contribution in [3.63, 3.8) is 0 Å². The van der Waals surface area contributed by atoms with E-state index in [2.05, 4.69) is 20.7 Å². The third-order valence-corrected chi connectivity index (χ3v) is 7.42. The molecule has 1 fully saturated rings. The Kier molecular flexibility index (Phi) is 3.45. The monoisotopic (exact) mass is 323 g/mol. The predicted octanol–water partition coefficient (Wildman–Crippen LogP) is 3.12. The first-order valence-electron chi connectivity index (χ1n) is 5.26. The third kappa shape index (κ3) is 2.20. The quantitative estimate of drug-likeness (QED) is 0.925. The Balaban J connectivity index is 2.24. The molecule has 1 aromatic heterocycles. The zero-order valence-corrected chi connectivity index (χ0v) is 12.2. The minimum Gasteiger partial charge on any atom is -0.206 e. The fraction of sp³-hybridized carbons (Fsp3) is 0.600. The molecule has 16 heavy (non-hydrogen) atoms. The number of rotatable bonds is 4. The van der Waals surface area contributed by atoms with E-state index in [1.807, 2.05) is 6.92 Å². The van der Waals surface area contributed by atoms with Crippen LogP contribution >= 0.6 is 27.3 Å². The van der Waals surface area contributed by atoms with Gasteiger partial charge in [-0.1, -0.05) is 6.92 Å². The van der Waals surface area contributed by atoms with Gasteiger partial charge in [0.15, 0.2) is 0 Å². The summed E-state index contributed by atoms with van der Waals surface area (Å²) in [6.45, 7) is 2.03. The summed E-state index contributed by atoms with van der Waals surface area (Å²) in [6, 6.07) is 1.76. The van der Waals surface area contributed by atoms with Crippen molar-refractivity contribution in [3.05, 3.63) is 15.9 Å². The van der Waals surface area contributed by atoms with Crippen molar-refractivity contribution in [1.29, 1.82) is 0 Å². The summed E-state index contributed by atoms with van der Waals surface area (Å²) < 4.78 is 28.2. The second kappa shape index (κ2) is 4.40. The highest BCUT2D eigenvalue weighted by Crippen LogP contribution is 2.37. The van der Waals surface area contributed by atoms with E-state index in [0.717, 1.165) is 25.7 Å². The molecule has 3 nitrogen and oxygen atoms in total. The van der Waals surface area contributed by atoms with Gasteiger partial charge in [0.25, 0.3) is 10.0 Å². The third-order valence-electron chi connectivity index (χ3n) is 3.17. The number of sulfonamides is 1. The number of hydrogen-bond donors (Lipinski definition) is 1. The van der Waals surface area contributed by atoms with Gasteiger partial charge >= 0.3 is 0 Å². The van der Waals surface area contributed by atoms with Crippen molar-refractivity contribution in [2.45, 2.75) is 42.4 Å². The summed E-state index contributed by atoms with van der Waals surface area (Å²) in [5.74, 6) is 0. The molecule has 90 valence electrons. The smallest absolute Gasteiger partial charge is 0.206 e. The van der Waals surface area contributed by atoms with Crippen LogP contribution in [0.2, 0.25) is 0 Å². The molecule has 1 saturated carbocycles. The van der Waals surface area contributed by atoms with Crippen LogP contribution < -0.4 is 4.72 Å². The summed E-state index contributed by atoms with van der Waals surface area (Å²) in [5, 5.41) is 1.78. The van der Waals surface area contributed by atoms with E-state index in [1.54, 1.807) is 11.4 Å². The summed E-state index contributed by atoms with van der Waals surface area (Å²) >= 11 is 4.51. The molecular weight excluding hydrogens is 310 g/mol. The fourth-order valence-corrected chi connectivity index (χ4v) is 5.80. The summed E-state index contributed by atoms with van der Waals surface area (Å²) in [7, 11) is -3.36. The summed E-state index contributed by atoms with van der Waals surface area (Å²) in [4.78, 5) is 0. The van der Waals surface area contributed by atoms with E-state index in [-0.39, 0.29) is 5.54 Å². The zero-order valence-electron chi connectivity index (χ0n) is 8.99. The normalized spacial score (nSPS) is 19.4. The molecule has 0 radical (unpaired) electrons. The van der Waals surface area contributed by atoms with Crippen LogP contribution in [-0.4, -0.2) is 14.0 Å². The Morgan fingerprint density at radius 2 is 2.25 bits per heavy atom. The molecule has 0 amide bonds. The van der Waals surface area contributed by atoms with Crippen LogP contribution in [0, 0.1) is 0 Å². The van der Waals surface area contributed by atoms with Crippen LogP contribution in [-0.2, 0) is 10.0 Å². The van der Waals surface area contributed by atoms with Crippen molar-refractivity contribution >= 4 is 37.3 Å². The highest BCUT2D eigenvalue weighted by molar-refractivity contribution is 9.10. The molecule has 0 aliphatic heterocycles. The van der Waals surface area contributed by atoms with E-state index in [1.165, 1.54) is 11.3 Å². The van der Waals surface area contributed by atoms with Gasteiger partial charge in [0.05, 0.1) is 0 Å². The maximum absolute atomic E-state index is 12.2. The first-order chi connectivity index (χ1) is 7.49. The van der Waals surface area contributed by atoms with Gasteiger partial charge in [-0.3, -0.25) is 0 Å². The van der Waals surface area contributed by atoms with Crippen molar-refractivity contribution in [3.8, 4) is 0 Å². The lowest BCUT2D eigenvalue weighted by molar-refractivity contribution is 0.214. The van der Waals surface area contributed by atoms with E-state index in [0.29, 0.717) is 8.68 Å². The second-order valence-electron chi connectivity index (χ2n) is 4.15. The van der Waals surface area contributed by atoms with Crippen LogP contribution in [0.25, 0.3) is 0 Å². The average Bonchev–Trinajstić information content (AvgIpc) is 2.59. The van der Waals surface area contributed by atoms with Crippen molar-refractivity contribution in [2.24, 2.45) is 0 Å². The molecule has 0 aromatic carbocycles. The topological polar surface area (TPSA) is 46.2 Å². The standard InChI is InChI=1S/C10H14BrNO2S2/c1-2-10(5-3-6-10)12-16(13,14)9-8(11)4-7-15-9/h4,7,12H,2-3,5-6H2,1H3. The van der Waals surface area contributed by atoms with Crippen molar-refractivity contribution in [2.75, 3.05) is 0 Å². The maximum atomic E-state index is 12.2. The average molecular weight is 324 g/mol. The van der Waals surface area contributed by atoms with Gasteiger partial charge < -0.3 is 0 Å². The van der Waals surface area contributed by atoms with Gasteiger partial charge in [0.2, 0.25) is 0 Å². The second-order valence-corrected chi connectivity index (χ2v) is 7.80. The van der Waals surface area contributed by atoms with Gasteiger partial charge in [-0.25, -0.2) is 13.1 Å². The number of nitrogens with one attached hydrogen (secondary N) is 1. The molecule has 2 rings (SSSR count). The molecule has 1 N–H and O–H groups in total. The van der Waals surface area contributed by atoms with Gasteiger partial charge in [-0.2, -0.15) is 0 Å². The first kappa shape index (κ1) is 12.5. The van der Waals surface area contributed by atoms with E-state index < -0.39 is 10.0 Å². The van der Waals surface area contributed by atoms with Gasteiger partial charge in [-0.05, 0) is 53.1 Å². The highest BCUT2D eigenvalue weighted by atomic mass is 79.9.